The van der Waals surface area contributed by atoms with E-state index in [2.05, 4.69) is 26.8 Å². The quantitative estimate of drug-likeness (QED) is 0.789. The number of nitrogens with two attached hydrogens (primary N) is 1. The van der Waals surface area contributed by atoms with Crippen molar-refractivity contribution >= 4 is 11.8 Å². The summed E-state index contributed by atoms with van der Waals surface area (Å²) in [6.07, 6.45) is 1.81. The maximum absolute atomic E-state index is 5.87. The molecule has 2 N–H and O–H groups in total. The summed E-state index contributed by atoms with van der Waals surface area (Å²) < 4.78 is 0. The molecule has 100 valence electrons. The van der Waals surface area contributed by atoms with Crippen LogP contribution in [-0.2, 0) is 0 Å². The van der Waals surface area contributed by atoms with Gasteiger partial charge in [-0.3, -0.25) is 0 Å². The van der Waals surface area contributed by atoms with Crippen molar-refractivity contribution in [2.75, 3.05) is 57.1 Å². The summed E-state index contributed by atoms with van der Waals surface area (Å²) in [5.41, 5.74) is 5.87. The SMILES string of the molecule is CN1CCN(c2ccnc(N(C)C)n2)C(CN)C1. The first-order valence-corrected chi connectivity index (χ1v) is 6.27. The number of aromatic nitrogens is 2. The number of anilines is 2. The molecule has 18 heavy (non-hydrogen) atoms. The van der Waals surface area contributed by atoms with Gasteiger partial charge in [0.05, 0.1) is 6.04 Å². The Morgan fingerprint density at radius 3 is 2.89 bits per heavy atom. The second kappa shape index (κ2) is 5.49. The zero-order chi connectivity index (χ0) is 13.1. The zero-order valence-corrected chi connectivity index (χ0v) is 11.4. The molecule has 1 aliphatic heterocycles. The van der Waals surface area contributed by atoms with E-state index in [1.54, 1.807) is 0 Å². The normalized spacial score (nSPS) is 21.1. The van der Waals surface area contributed by atoms with E-state index in [9.17, 15) is 0 Å². The summed E-state index contributed by atoms with van der Waals surface area (Å²) in [6, 6.07) is 2.29. The highest BCUT2D eigenvalue weighted by Gasteiger charge is 2.25. The average molecular weight is 250 g/mol. The summed E-state index contributed by atoms with van der Waals surface area (Å²) in [5, 5.41) is 0. The zero-order valence-electron chi connectivity index (χ0n) is 11.4. The van der Waals surface area contributed by atoms with Crippen molar-refractivity contribution in [2.24, 2.45) is 5.73 Å². The molecule has 0 saturated carbocycles. The van der Waals surface area contributed by atoms with E-state index in [0.29, 0.717) is 12.6 Å². The van der Waals surface area contributed by atoms with Crippen molar-refractivity contribution in [1.29, 1.82) is 0 Å². The summed E-state index contributed by atoms with van der Waals surface area (Å²) in [6.45, 7) is 3.63. The Bertz CT molecular complexity index is 394. The first kappa shape index (κ1) is 13.0. The fourth-order valence-corrected chi connectivity index (χ4v) is 2.23. The summed E-state index contributed by atoms with van der Waals surface area (Å²) in [7, 11) is 6.03. The molecular formula is C12H22N6. The second-order valence-corrected chi connectivity index (χ2v) is 4.95. The van der Waals surface area contributed by atoms with Crippen LogP contribution in [0.3, 0.4) is 0 Å². The van der Waals surface area contributed by atoms with Gasteiger partial charge in [0.15, 0.2) is 0 Å². The van der Waals surface area contributed by atoms with Crippen molar-refractivity contribution in [3.8, 4) is 0 Å². The third kappa shape index (κ3) is 2.70. The Morgan fingerprint density at radius 1 is 1.44 bits per heavy atom. The van der Waals surface area contributed by atoms with Gasteiger partial charge in [-0.1, -0.05) is 0 Å². The molecule has 0 aliphatic carbocycles. The largest absolute Gasteiger partial charge is 0.350 e. The van der Waals surface area contributed by atoms with Gasteiger partial charge in [0.1, 0.15) is 5.82 Å². The number of likely N-dealkylation sites (N-methyl/N-ethyl adjacent to an activating group) is 1. The summed E-state index contributed by atoms with van der Waals surface area (Å²) >= 11 is 0. The van der Waals surface area contributed by atoms with Crippen molar-refractivity contribution in [3.63, 3.8) is 0 Å². The van der Waals surface area contributed by atoms with Gasteiger partial charge in [-0.25, -0.2) is 4.98 Å². The first-order chi connectivity index (χ1) is 8.61. The summed E-state index contributed by atoms with van der Waals surface area (Å²) in [5.74, 6) is 1.71. The molecule has 1 aromatic rings. The first-order valence-electron chi connectivity index (χ1n) is 6.27. The van der Waals surface area contributed by atoms with E-state index in [4.69, 9.17) is 5.73 Å². The number of hydrogen-bond acceptors (Lipinski definition) is 6. The Balaban J connectivity index is 2.21. The fourth-order valence-electron chi connectivity index (χ4n) is 2.23. The molecule has 0 spiro atoms. The Hall–Kier alpha value is -1.40. The van der Waals surface area contributed by atoms with Crippen LogP contribution in [0.15, 0.2) is 12.3 Å². The fraction of sp³-hybridized carbons (Fsp3) is 0.667. The van der Waals surface area contributed by atoms with Gasteiger partial charge in [0.25, 0.3) is 0 Å². The van der Waals surface area contributed by atoms with Gasteiger partial charge in [-0.2, -0.15) is 4.98 Å². The van der Waals surface area contributed by atoms with Crippen molar-refractivity contribution < 1.29 is 0 Å². The van der Waals surface area contributed by atoms with Crippen molar-refractivity contribution in [2.45, 2.75) is 6.04 Å². The molecule has 0 radical (unpaired) electrons. The maximum Gasteiger partial charge on any atom is 0.226 e. The molecule has 1 aliphatic rings. The number of hydrogen-bond donors (Lipinski definition) is 1. The van der Waals surface area contributed by atoms with Gasteiger partial charge in [0, 0.05) is 46.5 Å². The highest BCUT2D eigenvalue weighted by molar-refractivity contribution is 5.44. The molecule has 1 saturated heterocycles. The highest BCUT2D eigenvalue weighted by Crippen LogP contribution is 2.18. The Labute approximate surface area is 108 Å². The van der Waals surface area contributed by atoms with Crippen LogP contribution in [0.4, 0.5) is 11.8 Å². The molecule has 1 fully saturated rings. The van der Waals surface area contributed by atoms with Crippen LogP contribution in [0.1, 0.15) is 0 Å². The van der Waals surface area contributed by atoms with Crippen LogP contribution in [0.2, 0.25) is 0 Å². The minimum absolute atomic E-state index is 0.327. The number of rotatable bonds is 3. The van der Waals surface area contributed by atoms with Gasteiger partial charge in [-0.15, -0.1) is 0 Å². The molecule has 6 heteroatoms. The van der Waals surface area contributed by atoms with Crippen molar-refractivity contribution in [3.05, 3.63) is 12.3 Å². The van der Waals surface area contributed by atoms with Crippen LogP contribution < -0.4 is 15.5 Å². The van der Waals surface area contributed by atoms with E-state index < -0.39 is 0 Å². The lowest BCUT2D eigenvalue weighted by Gasteiger charge is -2.40. The molecule has 0 bridgehead atoms. The number of nitrogens with zero attached hydrogens (tertiary/aromatic N) is 5. The van der Waals surface area contributed by atoms with E-state index >= 15 is 0 Å². The molecule has 0 amide bonds. The van der Waals surface area contributed by atoms with Crippen LogP contribution in [0.25, 0.3) is 0 Å². The van der Waals surface area contributed by atoms with E-state index in [1.165, 1.54) is 0 Å². The molecule has 1 aromatic heterocycles. The Kier molecular flexibility index (Phi) is 3.98. The average Bonchev–Trinajstić information content (AvgIpc) is 2.38. The molecule has 0 aromatic carbocycles. The third-order valence-electron chi connectivity index (χ3n) is 3.28. The van der Waals surface area contributed by atoms with Gasteiger partial charge in [0.2, 0.25) is 5.95 Å². The summed E-state index contributed by atoms with van der Waals surface area (Å²) in [4.78, 5) is 15.3. The lowest BCUT2D eigenvalue weighted by atomic mass is 10.1. The van der Waals surface area contributed by atoms with Crippen LogP contribution in [-0.4, -0.2) is 68.2 Å². The molecule has 1 unspecified atom stereocenters. The lowest BCUT2D eigenvalue weighted by molar-refractivity contribution is 0.269. The van der Waals surface area contributed by atoms with E-state index in [-0.39, 0.29) is 0 Å². The second-order valence-electron chi connectivity index (χ2n) is 4.95. The molecule has 2 heterocycles. The smallest absolute Gasteiger partial charge is 0.226 e. The molecule has 1 atom stereocenters. The highest BCUT2D eigenvalue weighted by atomic mass is 15.3. The minimum atomic E-state index is 0.327. The predicted octanol–water partition coefficient (Wildman–Crippen LogP) is -0.378. The van der Waals surface area contributed by atoms with Crippen LogP contribution in [0.5, 0.6) is 0 Å². The molecular weight excluding hydrogens is 228 g/mol. The predicted molar refractivity (Wildman–Crippen MR) is 74.0 cm³/mol. The van der Waals surface area contributed by atoms with E-state index in [1.807, 2.05) is 31.3 Å². The lowest BCUT2D eigenvalue weighted by Crippen LogP contribution is -2.55. The molecule has 6 nitrogen and oxygen atoms in total. The monoisotopic (exact) mass is 250 g/mol. The van der Waals surface area contributed by atoms with E-state index in [0.717, 1.165) is 31.4 Å². The van der Waals surface area contributed by atoms with Crippen LogP contribution in [0, 0.1) is 0 Å². The topological polar surface area (TPSA) is 61.5 Å². The van der Waals surface area contributed by atoms with Crippen molar-refractivity contribution in [1.82, 2.24) is 14.9 Å². The maximum atomic E-state index is 5.87. The van der Waals surface area contributed by atoms with Gasteiger partial charge >= 0.3 is 0 Å². The third-order valence-corrected chi connectivity index (χ3v) is 3.28. The van der Waals surface area contributed by atoms with Gasteiger partial charge < -0.3 is 20.4 Å². The van der Waals surface area contributed by atoms with Gasteiger partial charge in [-0.05, 0) is 13.1 Å². The van der Waals surface area contributed by atoms with Crippen LogP contribution >= 0.6 is 0 Å². The molecule has 2 rings (SSSR count). The number of piperazine rings is 1. The minimum Gasteiger partial charge on any atom is -0.350 e. The Morgan fingerprint density at radius 2 is 2.22 bits per heavy atom. The standard InChI is InChI=1S/C12H22N6/c1-16(2)12-14-5-4-11(15-12)18-7-6-17(3)9-10(18)8-13/h4-5,10H,6-9,13H2,1-3H3.